The molecule has 1 heterocycles. The van der Waals surface area contributed by atoms with Gasteiger partial charge >= 0.3 is 0 Å². The summed E-state index contributed by atoms with van der Waals surface area (Å²) in [6, 6.07) is 12.3. The fourth-order valence-electron chi connectivity index (χ4n) is 2.10. The van der Waals surface area contributed by atoms with Gasteiger partial charge in [-0.25, -0.2) is 4.39 Å². The number of rotatable bonds is 5. The van der Waals surface area contributed by atoms with Gasteiger partial charge in [-0.3, -0.25) is 14.9 Å². The molecule has 3 aromatic rings. The average molecular weight is 327 g/mol. The molecule has 0 unspecified atom stereocenters. The number of benzene rings is 2. The molecule has 7 heteroatoms. The van der Waals surface area contributed by atoms with Gasteiger partial charge in [-0.05, 0) is 42.5 Å². The molecule has 0 radical (unpaired) electrons. The predicted octanol–water partition coefficient (Wildman–Crippen LogP) is 4.60. The lowest BCUT2D eigenvalue weighted by Crippen LogP contribution is -1.91. The molecule has 0 aliphatic carbocycles. The van der Waals surface area contributed by atoms with Crippen LogP contribution in [0.2, 0.25) is 0 Å². The summed E-state index contributed by atoms with van der Waals surface area (Å²) >= 11 is 0. The number of hydrogen-bond donors (Lipinski definition) is 0. The molecule has 0 aliphatic heterocycles. The Labute approximate surface area is 135 Å². The lowest BCUT2D eigenvalue weighted by atomic mass is 10.1. The average Bonchev–Trinajstić information content (AvgIpc) is 3.06. The van der Waals surface area contributed by atoms with Crippen LogP contribution in [0.25, 0.3) is 11.3 Å². The molecule has 6 nitrogen and oxygen atoms in total. The third-order valence-electron chi connectivity index (χ3n) is 3.18. The van der Waals surface area contributed by atoms with Crippen molar-refractivity contribution in [2.24, 2.45) is 0 Å². The van der Waals surface area contributed by atoms with E-state index >= 15 is 0 Å². The number of hydrogen-bond acceptors (Lipinski definition) is 5. The normalized spacial score (nSPS) is 10.4. The van der Waals surface area contributed by atoms with Crippen LogP contribution in [0.3, 0.4) is 0 Å². The molecule has 0 bridgehead atoms. The minimum absolute atomic E-state index is 0.109. The highest BCUT2D eigenvalue weighted by molar-refractivity contribution is 5.73. The second-order valence-electron chi connectivity index (χ2n) is 4.85. The maximum atomic E-state index is 12.9. The van der Waals surface area contributed by atoms with Crippen LogP contribution in [0.1, 0.15) is 10.6 Å². The number of nitro benzene ring substituents is 1. The van der Waals surface area contributed by atoms with E-state index in [2.05, 4.69) is 0 Å². The van der Waals surface area contributed by atoms with E-state index < -0.39 is 10.7 Å². The standard InChI is InChI=1S/C17H10FNO5/c18-12-1-3-14(4-2-12)23-16-8-11(7-13(9-16)19(21)22)17-6-5-15(10-20)24-17/h1-10H. The van der Waals surface area contributed by atoms with Crippen LogP contribution in [0.5, 0.6) is 11.5 Å². The summed E-state index contributed by atoms with van der Waals surface area (Å²) in [4.78, 5) is 21.2. The van der Waals surface area contributed by atoms with Crippen molar-refractivity contribution < 1.29 is 23.3 Å². The molecular weight excluding hydrogens is 317 g/mol. The van der Waals surface area contributed by atoms with Crippen LogP contribution < -0.4 is 4.74 Å². The Kier molecular flexibility index (Phi) is 4.07. The molecule has 1 aromatic heterocycles. The van der Waals surface area contributed by atoms with E-state index in [1.54, 1.807) is 0 Å². The van der Waals surface area contributed by atoms with Crippen molar-refractivity contribution in [2.75, 3.05) is 0 Å². The Hall–Kier alpha value is -3.48. The molecule has 24 heavy (non-hydrogen) atoms. The van der Waals surface area contributed by atoms with E-state index in [-0.39, 0.29) is 17.2 Å². The molecule has 0 saturated carbocycles. The molecule has 0 fully saturated rings. The number of furan rings is 1. The number of halogens is 1. The molecule has 0 saturated heterocycles. The quantitative estimate of drug-likeness (QED) is 0.388. The molecule has 0 spiro atoms. The Morgan fingerprint density at radius 2 is 1.79 bits per heavy atom. The summed E-state index contributed by atoms with van der Waals surface area (Å²) in [5.74, 6) is 0.507. The zero-order valence-corrected chi connectivity index (χ0v) is 12.1. The Morgan fingerprint density at radius 3 is 2.42 bits per heavy atom. The van der Waals surface area contributed by atoms with E-state index in [1.807, 2.05) is 0 Å². The van der Waals surface area contributed by atoms with Crippen molar-refractivity contribution >= 4 is 12.0 Å². The molecule has 0 N–H and O–H groups in total. The van der Waals surface area contributed by atoms with Gasteiger partial charge < -0.3 is 9.15 Å². The van der Waals surface area contributed by atoms with Crippen LogP contribution in [-0.2, 0) is 0 Å². The molecule has 3 rings (SSSR count). The molecule has 0 aliphatic rings. The number of non-ortho nitro benzene ring substituents is 1. The van der Waals surface area contributed by atoms with Crippen molar-refractivity contribution in [3.63, 3.8) is 0 Å². The summed E-state index contributed by atoms with van der Waals surface area (Å²) in [5, 5.41) is 11.1. The number of nitrogens with zero attached hydrogens (tertiary/aromatic N) is 1. The van der Waals surface area contributed by atoms with Crippen molar-refractivity contribution in [1.29, 1.82) is 0 Å². The summed E-state index contributed by atoms with van der Waals surface area (Å²) in [6.07, 6.45) is 0.538. The van der Waals surface area contributed by atoms with Gasteiger partial charge in [0.1, 0.15) is 23.1 Å². The Bertz CT molecular complexity index is 902. The second kappa shape index (κ2) is 6.33. The van der Waals surface area contributed by atoms with E-state index in [1.165, 1.54) is 54.6 Å². The summed E-state index contributed by atoms with van der Waals surface area (Å²) in [7, 11) is 0. The lowest BCUT2D eigenvalue weighted by molar-refractivity contribution is -0.384. The smallest absolute Gasteiger partial charge is 0.273 e. The lowest BCUT2D eigenvalue weighted by Gasteiger charge is -2.07. The van der Waals surface area contributed by atoms with Crippen LogP contribution in [0.15, 0.2) is 59.0 Å². The van der Waals surface area contributed by atoms with Gasteiger partial charge in [0.25, 0.3) is 5.69 Å². The summed E-state index contributed by atoms with van der Waals surface area (Å²) in [6.45, 7) is 0. The van der Waals surface area contributed by atoms with Crippen LogP contribution >= 0.6 is 0 Å². The minimum atomic E-state index is -0.565. The number of ether oxygens (including phenoxy) is 1. The first-order chi connectivity index (χ1) is 11.5. The van der Waals surface area contributed by atoms with Crippen molar-refractivity contribution in [2.45, 2.75) is 0 Å². The molecule has 0 atom stereocenters. The summed E-state index contributed by atoms with van der Waals surface area (Å²) in [5.41, 5.74) is 0.183. The number of carbonyl (C=O) groups excluding carboxylic acids is 1. The molecule has 120 valence electrons. The topological polar surface area (TPSA) is 82.6 Å². The second-order valence-corrected chi connectivity index (χ2v) is 4.85. The molecule has 2 aromatic carbocycles. The van der Waals surface area contributed by atoms with Gasteiger partial charge in [0.05, 0.1) is 11.0 Å². The zero-order valence-electron chi connectivity index (χ0n) is 12.1. The highest BCUT2D eigenvalue weighted by Gasteiger charge is 2.14. The highest BCUT2D eigenvalue weighted by atomic mass is 19.1. The van der Waals surface area contributed by atoms with Gasteiger partial charge in [-0.2, -0.15) is 0 Å². The first-order valence-corrected chi connectivity index (χ1v) is 6.83. The van der Waals surface area contributed by atoms with Gasteiger partial charge in [-0.1, -0.05) is 0 Å². The van der Waals surface area contributed by atoms with Gasteiger partial charge in [0.15, 0.2) is 12.0 Å². The van der Waals surface area contributed by atoms with Crippen molar-refractivity contribution in [3.05, 3.63) is 76.3 Å². The van der Waals surface area contributed by atoms with Crippen molar-refractivity contribution in [3.8, 4) is 22.8 Å². The fourth-order valence-corrected chi connectivity index (χ4v) is 2.10. The van der Waals surface area contributed by atoms with Crippen LogP contribution in [0.4, 0.5) is 10.1 Å². The minimum Gasteiger partial charge on any atom is -0.457 e. The third-order valence-corrected chi connectivity index (χ3v) is 3.18. The number of nitro groups is 1. The monoisotopic (exact) mass is 327 g/mol. The first kappa shape index (κ1) is 15.4. The SMILES string of the molecule is O=Cc1ccc(-c2cc(Oc3ccc(F)cc3)cc([N+](=O)[O-])c2)o1. The zero-order chi connectivity index (χ0) is 17.1. The van der Waals surface area contributed by atoms with E-state index in [0.29, 0.717) is 23.4 Å². The largest absolute Gasteiger partial charge is 0.457 e. The fraction of sp³-hybridized carbons (Fsp3) is 0. The summed E-state index contributed by atoms with van der Waals surface area (Å²) < 4.78 is 23.7. The van der Waals surface area contributed by atoms with Gasteiger partial charge in [0.2, 0.25) is 0 Å². The van der Waals surface area contributed by atoms with E-state index in [4.69, 9.17) is 9.15 Å². The van der Waals surface area contributed by atoms with E-state index in [0.717, 1.165) is 0 Å². The van der Waals surface area contributed by atoms with E-state index in [9.17, 15) is 19.3 Å². The highest BCUT2D eigenvalue weighted by Crippen LogP contribution is 2.33. The third kappa shape index (κ3) is 3.30. The molecule has 0 amide bonds. The maximum Gasteiger partial charge on any atom is 0.273 e. The Balaban J connectivity index is 2.00. The first-order valence-electron chi connectivity index (χ1n) is 6.83. The van der Waals surface area contributed by atoms with Gasteiger partial charge in [0, 0.05) is 11.6 Å². The van der Waals surface area contributed by atoms with Crippen LogP contribution in [0, 0.1) is 15.9 Å². The van der Waals surface area contributed by atoms with Crippen LogP contribution in [-0.4, -0.2) is 11.2 Å². The molecular formula is C17H10FNO5. The maximum absolute atomic E-state index is 12.9. The number of aldehydes is 1. The van der Waals surface area contributed by atoms with Crippen molar-refractivity contribution in [1.82, 2.24) is 0 Å². The Morgan fingerprint density at radius 1 is 1.04 bits per heavy atom. The predicted molar refractivity (Wildman–Crippen MR) is 82.7 cm³/mol. The van der Waals surface area contributed by atoms with Gasteiger partial charge in [-0.15, -0.1) is 0 Å². The number of carbonyl (C=O) groups is 1.